The average molecular weight is 345 g/mol. The SMILES string of the molecule is CNCc1ccc(N2CCCc3cc(C)ccc32)c(Br)c1. The predicted octanol–water partition coefficient (Wildman–Crippen LogP) is 4.56. The maximum Gasteiger partial charge on any atom is 0.0555 e. The standard InChI is InChI=1S/C18H21BrN2/c1-13-5-7-17-15(10-13)4-3-9-21(17)18-8-6-14(12-20-2)11-16(18)19/h5-8,10-11,20H,3-4,9,12H2,1-2H3. The molecule has 110 valence electrons. The number of nitrogens with one attached hydrogen (secondary N) is 1. The maximum atomic E-state index is 3.75. The first-order valence-corrected chi connectivity index (χ1v) is 8.28. The summed E-state index contributed by atoms with van der Waals surface area (Å²) in [4.78, 5) is 2.44. The van der Waals surface area contributed by atoms with E-state index in [2.05, 4.69) is 69.5 Å². The molecule has 1 N–H and O–H groups in total. The van der Waals surface area contributed by atoms with E-state index in [0.717, 1.165) is 13.1 Å². The minimum Gasteiger partial charge on any atom is -0.340 e. The maximum absolute atomic E-state index is 3.75. The van der Waals surface area contributed by atoms with Crippen molar-refractivity contribution in [2.45, 2.75) is 26.3 Å². The predicted molar refractivity (Wildman–Crippen MR) is 93.4 cm³/mol. The van der Waals surface area contributed by atoms with Crippen LogP contribution in [0.4, 0.5) is 11.4 Å². The van der Waals surface area contributed by atoms with Crippen molar-refractivity contribution in [2.24, 2.45) is 0 Å². The highest BCUT2D eigenvalue weighted by Crippen LogP contribution is 2.38. The minimum atomic E-state index is 0.897. The van der Waals surface area contributed by atoms with Gasteiger partial charge < -0.3 is 10.2 Å². The second-order valence-electron chi connectivity index (χ2n) is 5.70. The van der Waals surface area contributed by atoms with E-state index in [1.54, 1.807) is 0 Å². The highest BCUT2D eigenvalue weighted by Gasteiger charge is 2.20. The van der Waals surface area contributed by atoms with Gasteiger partial charge in [-0.05, 0) is 72.1 Å². The van der Waals surface area contributed by atoms with E-state index < -0.39 is 0 Å². The third-order valence-electron chi connectivity index (χ3n) is 4.04. The third kappa shape index (κ3) is 2.99. The van der Waals surface area contributed by atoms with Crippen LogP contribution in [-0.2, 0) is 13.0 Å². The number of fused-ring (bicyclic) bond motifs is 1. The van der Waals surface area contributed by atoms with E-state index in [1.807, 2.05) is 7.05 Å². The van der Waals surface area contributed by atoms with Crippen LogP contribution in [0.1, 0.15) is 23.1 Å². The Morgan fingerprint density at radius 2 is 1.95 bits per heavy atom. The summed E-state index contributed by atoms with van der Waals surface area (Å²) in [5.41, 5.74) is 6.73. The van der Waals surface area contributed by atoms with Crippen molar-refractivity contribution in [1.82, 2.24) is 5.32 Å². The zero-order chi connectivity index (χ0) is 14.8. The Labute approximate surface area is 135 Å². The number of hydrogen-bond donors (Lipinski definition) is 1. The van der Waals surface area contributed by atoms with Gasteiger partial charge in [0.2, 0.25) is 0 Å². The van der Waals surface area contributed by atoms with E-state index in [9.17, 15) is 0 Å². The van der Waals surface area contributed by atoms with Gasteiger partial charge in [0, 0.05) is 23.2 Å². The second kappa shape index (κ2) is 6.20. The number of benzene rings is 2. The Morgan fingerprint density at radius 1 is 1.14 bits per heavy atom. The molecule has 0 bridgehead atoms. The van der Waals surface area contributed by atoms with Gasteiger partial charge >= 0.3 is 0 Å². The fourth-order valence-corrected chi connectivity index (χ4v) is 3.70. The summed E-state index contributed by atoms with van der Waals surface area (Å²) < 4.78 is 1.17. The van der Waals surface area contributed by atoms with E-state index in [4.69, 9.17) is 0 Å². The van der Waals surface area contributed by atoms with Crippen molar-refractivity contribution in [2.75, 3.05) is 18.5 Å². The van der Waals surface area contributed by atoms with Crippen LogP contribution in [0, 0.1) is 6.92 Å². The molecule has 0 atom stereocenters. The number of nitrogens with zero attached hydrogens (tertiary/aromatic N) is 1. The van der Waals surface area contributed by atoms with Crippen LogP contribution >= 0.6 is 15.9 Å². The van der Waals surface area contributed by atoms with Crippen LogP contribution in [-0.4, -0.2) is 13.6 Å². The lowest BCUT2D eigenvalue weighted by Crippen LogP contribution is -2.25. The molecule has 3 heteroatoms. The van der Waals surface area contributed by atoms with Crippen molar-refractivity contribution >= 4 is 27.3 Å². The lowest BCUT2D eigenvalue weighted by Gasteiger charge is -2.32. The molecule has 0 fully saturated rings. The fraction of sp³-hybridized carbons (Fsp3) is 0.333. The summed E-state index contributed by atoms with van der Waals surface area (Å²) in [5, 5.41) is 3.20. The Balaban J connectivity index is 1.99. The molecular formula is C18H21BrN2. The third-order valence-corrected chi connectivity index (χ3v) is 4.67. The molecule has 0 spiro atoms. The summed E-state index contributed by atoms with van der Waals surface area (Å²) in [6.45, 7) is 4.15. The molecule has 21 heavy (non-hydrogen) atoms. The van der Waals surface area contributed by atoms with Gasteiger partial charge in [-0.1, -0.05) is 23.8 Å². The first kappa shape index (κ1) is 14.6. The Bertz CT molecular complexity index is 652. The fourth-order valence-electron chi connectivity index (χ4n) is 3.06. The molecule has 1 heterocycles. The number of anilines is 2. The van der Waals surface area contributed by atoms with Crippen molar-refractivity contribution in [3.05, 3.63) is 57.6 Å². The quantitative estimate of drug-likeness (QED) is 0.877. The van der Waals surface area contributed by atoms with Crippen molar-refractivity contribution in [3.63, 3.8) is 0 Å². The monoisotopic (exact) mass is 344 g/mol. The molecule has 1 aliphatic rings. The van der Waals surface area contributed by atoms with Gasteiger partial charge in [0.15, 0.2) is 0 Å². The summed E-state index contributed by atoms with van der Waals surface area (Å²) in [7, 11) is 1.98. The molecule has 1 aliphatic heterocycles. The molecule has 2 aromatic carbocycles. The smallest absolute Gasteiger partial charge is 0.0555 e. The van der Waals surface area contributed by atoms with Crippen molar-refractivity contribution < 1.29 is 0 Å². The summed E-state index contributed by atoms with van der Waals surface area (Å²) in [6, 6.07) is 13.4. The van der Waals surface area contributed by atoms with Crippen LogP contribution in [0.15, 0.2) is 40.9 Å². The Kier molecular flexibility index (Phi) is 4.32. The molecule has 0 amide bonds. The zero-order valence-corrected chi connectivity index (χ0v) is 14.2. The lowest BCUT2D eigenvalue weighted by atomic mass is 9.99. The first-order chi connectivity index (χ1) is 10.2. The highest BCUT2D eigenvalue weighted by molar-refractivity contribution is 9.10. The molecule has 0 saturated heterocycles. The van der Waals surface area contributed by atoms with Gasteiger partial charge in [0.25, 0.3) is 0 Å². The Hall–Kier alpha value is -1.32. The van der Waals surface area contributed by atoms with Crippen LogP contribution in [0.25, 0.3) is 0 Å². The summed E-state index contributed by atoms with van der Waals surface area (Å²) >= 11 is 3.75. The number of aryl methyl sites for hydroxylation is 2. The normalized spacial score (nSPS) is 14.1. The van der Waals surface area contributed by atoms with E-state index in [1.165, 1.54) is 45.4 Å². The molecule has 2 nitrogen and oxygen atoms in total. The van der Waals surface area contributed by atoms with E-state index >= 15 is 0 Å². The molecule has 2 aromatic rings. The zero-order valence-electron chi connectivity index (χ0n) is 12.6. The lowest BCUT2D eigenvalue weighted by molar-refractivity contribution is 0.764. The van der Waals surface area contributed by atoms with Gasteiger partial charge in [-0.3, -0.25) is 0 Å². The van der Waals surface area contributed by atoms with Crippen LogP contribution in [0.2, 0.25) is 0 Å². The van der Waals surface area contributed by atoms with Crippen LogP contribution in [0.5, 0.6) is 0 Å². The summed E-state index contributed by atoms with van der Waals surface area (Å²) in [5.74, 6) is 0. The molecule has 0 aliphatic carbocycles. The van der Waals surface area contributed by atoms with Crippen molar-refractivity contribution in [3.8, 4) is 0 Å². The molecule has 0 unspecified atom stereocenters. The molecule has 0 radical (unpaired) electrons. The molecular weight excluding hydrogens is 324 g/mol. The van der Waals surface area contributed by atoms with Crippen LogP contribution < -0.4 is 10.2 Å². The average Bonchev–Trinajstić information content (AvgIpc) is 2.47. The number of hydrogen-bond acceptors (Lipinski definition) is 2. The second-order valence-corrected chi connectivity index (χ2v) is 6.56. The van der Waals surface area contributed by atoms with Gasteiger partial charge in [-0.15, -0.1) is 0 Å². The van der Waals surface area contributed by atoms with Gasteiger partial charge in [-0.25, -0.2) is 0 Å². The van der Waals surface area contributed by atoms with E-state index in [0.29, 0.717) is 0 Å². The minimum absolute atomic E-state index is 0.897. The highest BCUT2D eigenvalue weighted by atomic mass is 79.9. The molecule has 0 aromatic heterocycles. The number of halogens is 1. The number of rotatable bonds is 3. The van der Waals surface area contributed by atoms with Gasteiger partial charge in [0.05, 0.1) is 5.69 Å². The van der Waals surface area contributed by atoms with Crippen LogP contribution in [0.3, 0.4) is 0 Å². The van der Waals surface area contributed by atoms with Gasteiger partial charge in [0.1, 0.15) is 0 Å². The topological polar surface area (TPSA) is 15.3 Å². The van der Waals surface area contributed by atoms with Gasteiger partial charge in [-0.2, -0.15) is 0 Å². The van der Waals surface area contributed by atoms with E-state index in [-0.39, 0.29) is 0 Å². The largest absolute Gasteiger partial charge is 0.340 e. The molecule has 0 saturated carbocycles. The molecule has 3 rings (SSSR count). The summed E-state index contributed by atoms with van der Waals surface area (Å²) in [6.07, 6.45) is 2.39. The van der Waals surface area contributed by atoms with Crippen molar-refractivity contribution in [1.29, 1.82) is 0 Å². The first-order valence-electron chi connectivity index (χ1n) is 7.49. The Morgan fingerprint density at radius 3 is 2.71 bits per heavy atom.